The molecule has 2 aromatic heterocycles. The van der Waals surface area contributed by atoms with Crippen molar-refractivity contribution in [3.05, 3.63) is 119 Å². The molecule has 2 amide bonds. The van der Waals surface area contributed by atoms with E-state index in [-0.39, 0.29) is 17.6 Å². The average Bonchev–Trinajstić information content (AvgIpc) is 3.62. The molecule has 5 rings (SSSR count). The fourth-order valence-electron chi connectivity index (χ4n) is 3.55. The van der Waals surface area contributed by atoms with E-state index in [2.05, 4.69) is 15.6 Å². The average molecular weight is 546 g/mol. The third-order valence-corrected chi connectivity index (χ3v) is 7.69. The molecule has 0 aliphatic rings. The summed E-state index contributed by atoms with van der Waals surface area (Å²) in [7, 11) is 0. The van der Waals surface area contributed by atoms with Crippen molar-refractivity contribution in [2.75, 3.05) is 10.6 Å². The minimum Gasteiger partial charge on any atom is -0.459 e. The number of aromatic nitrogens is 1. The van der Waals surface area contributed by atoms with E-state index >= 15 is 0 Å². The Bertz CT molecular complexity index is 1500. The van der Waals surface area contributed by atoms with E-state index < -0.39 is 5.25 Å². The molecular formula is C28H20ClN3O3S2. The summed E-state index contributed by atoms with van der Waals surface area (Å²) in [5, 5.41) is 8.21. The highest BCUT2D eigenvalue weighted by Gasteiger charge is 2.23. The number of carbonyl (C=O) groups excluding carboxylic acids is 2. The van der Waals surface area contributed by atoms with Crippen LogP contribution in [0.2, 0.25) is 5.02 Å². The second-order valence-corrected chi connectivity index (χ2v) is 10.3. The number of benzene rings is 3. The second-order valence-electron chi connectivity index (χ2n) is 7.87. The van der Waals surface area contributed by atoms with Gasteiger partial charge in [0.05, 0.1) is 12.0 Å². The zero-order valence-electron chi connectivity index (χ0n) is 19.3. The number of halogens is 1. The van der Waals surface area contributed by atoms with Crippen LogP contribution in [0.4, 0.5) is 10.8 Å². The Morgan fingerprint density at radius 1 is 0.892 bits per heavy atom. The smallest absolute Gasteiger partial charge is 0.291 e. The Kier molecular flexibility index (Phi) is 7.70. The van der Waals surface area contributed by atoms with Gasteiger partial charge in [-0.25, -0.2) is 4.98 Å². The highest BCUT2D eigenvalue weighted by molar-refractivity contribution is 8.00. The first-order chi connectivity index (χ1) is 18.1. The number of furan rings is 1. The molecule has 5 aromatic rings. The van der Waals surface area contributed by atoms with Gasteiger partial charge in [-0.15, -0.1) is 23.1 Å². The predicted octanol–water partition coefficient (Wildman–Crippen LogP) is 7.78. The third kappa shape index (κ3) is 6.11. The maximum absolute atomic E-state index is 13.4. The van der Waals surface area contributed by atoms with Crippen molar-refractivity contribution in [3.63, 3.8) is 0 Å². The van der Waals surface area contributed by atoms with Gasteiger partial charge in [0.25, 0.3) is 5.91 Å². The lowest BCUT2D eigenvalue weighted by atomic mass is 10.1. The van der Waals surface area contributed by atoms with Crippen molar-refractivity contribution in [2.45, 2.75) is 10.1 Å². The molecule has 0 bridgehead atoms. The molecule has 1 unspecified atom stereocenters. The van der Waals surface area contributed by atoms with Crippen LogP contribution in [-0.4, -0.2) is 16.8 Å². The fraction of sp³-hybridized carbons (Fsp3) is 0.0357. The number of thioether (sulfide) groups is 1. The van der Waals surface area contributed by atoms with Crippen LogP contribution >= 0.6 is 34.7 Å². The van der Waals surface area contributed by atoms with Gasteiger partial charge in [0.1, 0.15) is 5.25 Å². The Labute approximate surface area is 226 Å². The molecule has 6 nitrogen and oxygen atoms in total. The summed E-state index contributed by atoms with van der Waals surface area (Å²) >= 11 is 9.07. The first kappa shape index (κ1) is 24.8. The molecule has 0 aliphatic heterocycles. The summed E-state index contributed by atoms with van der Waals surface area (Å²) in [5.74, 6) is -0.280. The van der Waals surface area contributed by atoms with Gasteiger partial charge in [-0.2, -0.15) is 0 Å². The lowest BCUT2D eigenvalue weighted by Crippen LogP contribution is -2.19. The van der Waals surface area contributed by atoms with Crippen LogP contribution in [0.15, 0.2) is 112 Å². The van der Waals surface area contributed by atoms with Crippen molar-refractivity contribution in [3.8, 4) is 11.3 Å². The molecule has 2 N–H and O–H groups in total. The topological polar surface area (TPSA) is 84.2 Å². The Balaban J connectivity index is 1.31. The van der Waals surface area contributed by atoms with Crippen molar-refractivity contribution >= 4 is 57.3 Å². The minimum absolute atomic E-state index is 0.188. The summed E-state index contributed by atoms with van der Waals surface area (Å²) in [5.41, 5.74) is 3.01. The molecule has 0 fully saturated rings. The maximum atomic E-state index is 13.4. The van der Waals surface area contributed by atoms with Gasteiger partial charge in [-0.05, 0) is 48.0 Å². The van der Waals surface area contributed by atoms with Gasteiger partial charge >= 0.3 is 0 Å². The van der Waals surface area contributed by atoms with E-state index in [0.29, 0.717) is 21.5 Å². The zero-order valence-corrected chi connectivity index (χ0v) is 21.6. The molecule has 1 atom stereocenters. The van der Waals surface area contributed by atoms with Crippen LogP contribution in [0.3, 0.4) is 0 Å². The van der Waals surface area contributed by atoms with Crippen LogP contribution in [0, 0.1) is 0 Å². The SMILES string of the molecule is O=C(Nc1ccc(SC(C(=O)Nc2nc(-c3ccccc3Cl)cs2)c2ccccc2)cc1)c1ccco1. The number of hydrogen-bond acceptors (Lipinski definition) is 6. The number of hydrogen-bond donors (Lipinski definition) is 2. The Morgan fingerprint density at radius 3 is 2.38 bits per heavy atom. The van der Waals surface area contributed by atoms with Crippen molar-refractivity contribution in [1.29, 1.82) is 0 Å². The summed E-state index contributed by atoms with van der Waals surface area (Å²) in [6.07, 6.45) is 1.45. The maximum Gasteiger partial charge on any atom is 0.291 e. The summed E-state index contributed by atoms with van der Waals surface area (Å²) in [4.78, 5) is 31.1. The molecule has 0 saturated heterocycles. The molecule has 2 heterocycles. The van der Waals surface area contributed by atoms with Gasteiger partial charge in [-0.3, -0.25) is 9.59 Å². The van der Waals surface area contributed by atoms with Crippen LogP contribution in [-0.2, 0) is 4.79 Å². The molecule has 9 heteroatoms. The Hall–Kier alpha value is -3.85. The molecule has 184 valence electrons. The first-order valence-electron chi connectivity index (χ1n) is 11.2. The van der Waals surface area contributed by atoms with E-state index in [1.165, 1.54) is 29.4 Å². The summed E-state index contributed by atoms with van der Waals surface area (Å²) in [6, 6.07) is 27.6. The van der Waals surface area contributed by atoms with E-state index in [4.69, 9.17) is 16.0 Å². The van der Waals surface area contributed by atoms with Gasteiger partial charge < -0.3 is 15.1 Å². The highest BCUT2D eigenvalue weighted by Crippen LogP contribution is 2.37. The van der Waals surface area contributed by atoms with Crippen LogP contribution in [0.5, 0.6) is 0 Å². The van der Waals surface area contributed by atoms with Gasteiger partial charge in [0.2, 0.25) is 5.91 Å². The van der Waals surface area contributed by atoms with E-state index in [0.717, 1.165) is 16.0 Å². The largest absolute Gasteiger partial charge is 0.459 e. The number of nitrogens with one attached hydrogen (secondary N) is 2. The standard InChI is InChI=1S/C28H20ClN3O3S2/c29-22-10-5-4-9-21(22)23-17-36-28(31-23)32-27(34)25(18-7-2-1-3-8-18)37-20-14-12-19(13-15-20)30-26(33)24-11-6-16-35-24/h1-17,25H,(H,30,33)(H,31,32,34). The Morgan fingerprint density at radius 2 is 1.65 bits per heavy atom. The predicted molar refractivity (Wildman–Crippen MR) is 149 cm³/mol. The lowest BCUT2D eigenvalue weighted by molar-refractivity contribution is -0.115. The van der Waals surface area contributed by atoms with Crippen molar-refractivity contribution < 1.29 is 14.0 Å². The monoisotopic (exact) mass is 545 g/mol. The number of anilines is 2. The zero-order chi connectivity index (χ0) is 25.6. The van der Waals surface area contributed by atoms with Crippen LogP contribution in [0.1, 0.15) is 21.4 Å². The quantitative estimate of drug-likeness (QED) is 0.194. The molecule has 0 radical (unpaired) electrons. The fourth-order valence-corrected chi connectivity index (χ4v) is 5.52. The third-order valence-electron chi connectivity index (χ3n) is 5.34. The van der Waals surface area contributed by atoms with Crippen LogP contribution in [0.25, 0.3) is 11.3 Å². The summed E-state index contributed by atoms with van der Waals surface area (Å²) in [6.45, 7) is 0. The number of amides is 2. The molecular weight excluding hydrogens is 526 g/mol. The summed E-state index contributed by atoms with van der Waals surface area (Å²) < 4.78 is 5.13. The number of rotatable bonds is 8. The number of nitrogens with zero attached hydrogens (tertiary/aromatic N) is 1. The van der Waals surface area contributed by atoms with Gasteiger partial charge in [0, 0.05) is 26.5 Å². The molecule has 3 aromatic carbocycles. The van der Waals surface area contributed by atoms with Crippen molar-refractivity contribution in [1.82, 2.24) is 4.98 Å². The highest BCUT2D eigenvalue weighted by atomic mass is 35.5. The molecule has 0 aliphatic carbocycles. The molecule has 0 spiro atoms. The van der Waals surface area contributed by atoms with E-state index in [1.54, 1.807) is 24.3 Å². The molecule has 0 saturated carbocycles. The van der Waals surface area contributed by atoms with E-state index in [1.807, 2.05) is 72.1 Å². The number of thiazole rings is 1. The normalized spacial score (nSPS) is 11.6. The minimum atomic E-state index is -0.516. The lowest BCUT2D eigenvalue weighted by Gasteiger charge is -2.16. The van der Waals surface area contributed by atoms with E-state index in [9.17, 15) is 9.59 Å². The number of carbonyl (C=O) groups is 2. The second kappa shape index (κ2) is 11.5. The van der Waals surface area contributed by atoms with Crippen LogP contribution < -0.4 is 10.6 Å². The first-order valence-corrected chi connectivity index (χ1v) is 13.4. The molecule has 37 heavy (non-hydrogen) atoms. The van der Waals surface area contributed by atoms with Crippen molar-refractivity contribution in [2.24, 2.45) is 0 Å². The van der Waals surface area contributed by atoms with Gasteiger partial charge in [-0.1, -0.05) is 60.1 Å². The van der Waals surface area contributed by atoms with Gasteiger partial charge in [0.15, 0.2) is 10.9 Å².